The lowest BCUT2D eigenvalue weighted by atomic mass is 9.78. The zero-order valence-corrected chi connectivity index (χ0v) is 10.6. The van der Waals surface area contributed by atoms with E-state index in [1.54, 1.807) is 0 Å². The van der Waals surface area contributed by atoms with Crippen LogP contribution < -0.4 is 5.32 Å². The first-order chi connectivity index (χ1) is 6.99. The van der Waals surface area contributed by atoms with E-state index in [1.165, 1.54) is 52.0 Å². The molecule has 1 unspecified atom stereocenters. The Morgan fingerprint density at radius 1 is 1.27 bits per heavy atom. The fraction of sp³-hybridized carbons (Fsp3) is 1.00. The van der Waals surface area contributed by atoms with Gasteiger partial charge in [-0.15, -0.1) is 0 Å². The van der Waals surface area contributed by atoms with Crippen molar-refractivity contribution in [3.8, 4) is 0 Å². The molecular weight excluding hydrogens is 184 g/mol. The van der Waals surface area contributed by atoms with Gasteiger partial charge in [0.15, 0.2) is 0 Å². The molecule has 15 heavy (non-hydrogen) atoms. The second kappa shape index (κ2) is 4.06. The largest absolute Gasteiger partial charge is 0.316 e. The highest BCUT2D eigenvalue weighted by Crippen LogP contribution is 2.36. The van der Waals surface area contributed by atoms with E-state index in [0.717, 1.165) is 0 Å². The van der Waals surface area contributed by atoms with E-state index in [9.17, 15) is 0 Å². The Labute approximate surface area is 94.4 Å². The van der Waals surface area contributed by atoms with Gasteiger partial charge in [0.1, 0.15) is 0 Å². The summed E-state index contributed by atoms with van der Waals surface area (Å²) in [6, 6.07) is 0. The fourth-order valence-electron chi connectivity index (χ4n) is 3.26. The zero-order valence-electron chi connectivity index (χ0n) is 10.6. The smallest absolute Gasteiger partial charge is 0.00509 e. The van der Waals surface area contributed by atoms with Crippen molar-refractivity contribution in [3.05, 3.63) is 0 Å². The van der Waals surface area contributed by atoms with Crippen LogP contribution in [0.1, 0.15) is 40.0 Å². The summed E-state index contributed by atoms with van der Waals surface area (Å²) < 4.78 is 0. The fourth-order valence-corrected chi connectivity index (χ4v) is 3.26. The van der Waals surface area contributed by atoms with Gasteiger partial charge >= 0.3 is 0 Å². The first kappa shape index (κ1) is 11.4. The Kier molecular flexibility index (Phi) is 3.09. The summed E-state index contributed by atoms with van der Waals surface area (Å²) in [5, 5.41) is 3.54. The monoisotopic (exact) mass is 210 g/mol. The van der Waals surface area contributed by atoms with Crippen LogP contribution in [0.5, 0.6) is 0 Å². The summed E-state index contributed by atoms with van der Waals surface area (Å²) in [5.41, 5.74) is 1.08. The first-order valence-electron chi connectivity index (χ1n) is 6.42. The maximum absolute atomic E-state index is 3.54. The molecule has 1 atom stereocenters. The summed E-state index contributed by atoms with van der Waals surface area (Å²) in [4.78, 5) is 2.69. The van der Waals surface area contributed by atoms with Crippen molar-refractivity contribution in [1.29, 1.82) is 0 Å². The summed E-state index contributed by atoms with van der Waals surface area (Å²) in [6.45, 7) is 13.4. The molecule has 0 aromatic heterocycles. The molecule has 2 aliphatic heterocycles. The van der Waals surface area contributed by atoms with Crippen LogP contribution in [-0.4, -0.2) is 37.6 Å². The predicted octanol–water partition coefficient (Wildman–Crippen LogP) is 2.11. The number of likely N-dealkylation sites (tertiary alicyclic amines) is 1. The van der Waals surface area contributed by atoms with Crippen LogP contribution in [0.2, 0.25) is 0 Å². The van der Waals surface area contributed by atoms with Crippen LogP contribution in [0.25, 0.3) is 0 Å². The minimum Gasteiger partial charge on any atom is -0.316 e. The second-order valence-corrected chi connectivity index (χ2v) is 6.80. The van der Waals surface area contributed by atoms with Crippen LogP contribution in [0.3, 0.4) is 0 Å². The number of piperidine rings is 1. The molecule has 2 aliphatic rings. The van der Waals surface area contributed by atoms with Gasteiger partial charge in [-0.1, -0.05) is 20.8 Å². The van der Waals surface area contributed by atoms with Crippen molar-refractivity contribution >= 4 is 0 Å². The number of hydrogen-bond acceptors (Lipinski definition) is 2. The van der Waals surface area contributed by atoms with E-state index in [0.29, 0.717) is 10.8 Å². The van der Waals surface area contributed by atoms with Gasteiger partial charge in [0.25, 0.3) is 0 Å². The van der Waals surface area contributed by atoms with E-state index in [2.05, 4.69) is 31.0 Å². The Morgan fingerprint density at radius 2 is 2.07 bits per heavy atom. The predicted molar refractivity (Wildman–Crippen MR) is 65.0 cm³/mol. The quantitative estimate of drug-likeness (QED) is 0.713. The van der Waals surface area contributed by atoms with Crippen molar-refractivity contribution in [2.45, 2.75) is 40.0 Å². The molecule has 1 N–H and O–H groups in total. The minimum absolute atomic E-state index is 0.449. The standard InChI is InChI=1S/C13H26N2/c1-12(2,3)10-15-8-4-5-13(11-15)6-7-14-9-13/h14H,4-11H2,1-3H3. The molecule has 2 rings (SSSR count). The lowest BCUT2D eigenvalue weighted by Crippen LogP contribution is -2.47. The Hall–Kier alpha value is -0.0800. The van der Waals surface area contributed by atoms with E-state index in [4.69, 9.17) is 0 Å². The van der Waals surface area contributed by atoms with E-state index in [-0.39, 0.29) is 0 Å². The van der Waals surface area contributed by atoms with Crippen molar-refractivity contribution in [3.63, 3.8) is 0 Å². The third kappa shape index (κ3) is 2.94. The maximum atomic E-state index is 3.54. The Bertz CT molecular complexity index is 211. The molecule has 0 aromatic rings. The third-order valence-electron chi connectivity index (χ3n) is 3.77. The number of rotatable bonds is 1. The molecule has 0 amide bonds. The van der Waals surface area contributed by atoms with Crippen LogP contribution in [0.15, 0.2) is 0 Å². The first-order valence-corrected chi connectivity index (χ1v) is 6.42. The Morgan fingerprint density at radius 3 is 2.67 bits per heavy atom. The van der Waals surface area contributed by atoms with Crippen LogP contribution in [0.4, 0.5) is 0 Å². The van der Waals surface area contributed by atoms with Crippen molar-refractivity contribution in [2.75, 3.05) is 32.7 Å². The Balaban J connectivity index is 1.92. The van der Waals surface area contributed by atoms with E-state index in [1.807, 2.05) is 0 Å². The van der Waals surface area contributed by atoms with Crippen LogP contribution >= 0.6 is 0 Å². The number of nitrogens with zero attached hydrogens (tertiary/aromatic N) is 1. The van der Waals surface area contributed by atoms with Gasteiger partial charge < -0.3 is 10.2 Å². The molecule has 2 fully saturated rings. The van der Waals surface area contributed by atoms with Gasteiger partial charge in [-0.3, -0.25) is 0 Å². The minimum atomic E-state index is 0.449. The molecule has 1 spiro atoms. The normalized spacial score (nSPS) is 33.8. The summed E-state index contributed by atoms with van der Waals surface area (Å²) in [6.07, 6.45) is 4.24. The second-order valence-electron chi connectivity index (χ2n) is 6.80. The topological polar surface area (TPSA) is 15.3 Å². The summed E-state index contributed by atoms with van der Waals surface area (Å²) >= 11 is 0. The number of hydrogen-bond donors (Lipinski definition) is 1. The zero-order chi connectivity index (χ0) is 10.9. The van der Waals surface area contributed by atoms with Gasteiger partial charge in [-0.05, 0) is 43.2 Å². The van der Waals surface area contributed by atoms with E-state index < -0.39 is 0 Å². The average Bonchev–Trinajstić information content (AvgIpc) is 2.50. The molecule has 2 heteroatoms. The highest BCUT2D eigenvalue weighted by Gasteiger charge is 2.38. The van der Waals surface area contributed by atoms with E-state index >= 15 is 0 Å². The van der Waals surface area contributed by atoms with Gasteiger partial charge in [-0.25, -0.2) is 0 Å². The molecule has 0 radical (unpaired) electrons. The molecule has 2 nitrogen and oxygen atoms in total. The third-order valence-corrected chi connectivity index (χ3v) is 3.77. The molecule has 2 saturated heterocycles. The highest BCUT2D eigenvalue weighted by atomic mass is 15.2. The molecule has 88 valence electrons. The van der Waals surface area contributed by atoms with Crippen LogP contribution in [-0.2, 0) is 0 Å². The SMILES string of the molecule is CC(C)(C)CN1CCCC2(CCNC2)C1. The highest BCUT2D eigenvalue weighted by molar-refractivity contribution is 4.93. The summed E-state index contributed by atoms with van der Waals surface area (Å²) in [7, 11) is 0. The van der Waals surface area contributed by atoms with Crippen molar-refractivity contribution in [2.24, 2.45) is 10.8 Å². The van der Waals surface area contributed by atoms with Crippen LogP contribution in [0, 0.1) is 10.8 Å². The van der Waals surface area contributed by atoms with Crippen molar-refractivity contribution in [1.82, 2.24) is 10.2 Å². The molecule has 2 heterocycles. The lowest BCUT2D eigenvalue weighted by molar-refractivity contribution is 0.0757. The maximum Gasteiger partial charge on any atom is 0.00509 e. The van der Waals surface area contributed by atoms with Gasteiger partial charge in [0.05, 0.1) is 0 Å². The average molecular weight is 210 g/mol. The summed E-state index contributed by atoms with van der Waals surface area (Å²) in [5.74, 6) is 0. The molecule has 0 saturated carbocycles. The number of nitrogens with one attached hydrogen (secondary N) is 1. The molecular formula is C13H26N2. The lowest BCUT2D eigenvalue weighted by Gasteiger charge is -2.42. The van der Waals surface area contributed by atoms with Gasteiger partial charge in [-0.2, -0.15) is 0 Å². The van der Waals surface area contributed by atoms with Crippen molar-refractivity contribution < 1.29 is 0 Å². The molecule has 0 aliphatic carbocycles. The van der Waals surface area contributed by atoms with Gasteiger partial charge in [0, 0.05) is 19.6 Å². The van der Waals surface area contributed by atoms with Gasteiger partial charge in [0.2, 0.25) is 0 Å². The molecule has 0 bridgehead atoms. The molecule has 0 aromatic carbocycles.